The SMILES string of the molecule is CC(NCc1cc(C(=O)O)cs1)c1ccc(F)cc1. The van der Waals surface area contributed by atoms with Gasteiger partial charge in [-0.1, -0.05) is 12.1 Å². The number of halogens is 1. The van der Waals surface area contributed by atoms with Crippen LogP contribution in [-0.2, 0) is 6.54 Å². The summed E-state index contributed by atoms with van der Waals surface area (Å²) in [5, 5.41) is 13.7. The first-order valence-corrected chi connectivity index (χ1v) is 6.74. The maximum Gasteiger partial charge on any atom is 0.336 e. The van der Waals surface area contributed by atoms with Crippen LogP contribution in [0.25, 0.3) is 0 Å². The number of benzene rings is 1. The van der Waals surface area contributed by atoms with Crippen molar-refractivity contribution in [2.45, 2.75) is 19.5 Å². The Hall–Kier alpha value is -1.72. The van der Waals surface area contributed by atoms with E-state index in [-0.39, 0.29) is 11.9 Å². The molecule has 2 aromatic rings. The molecule has 0 radical (unpaired) electrons. The van der Waals surface area contributed by atoms with Crippen LogP contribution < -0.4 is 5.32 Å². The van der Waals surface area contributed by atoms with Crippen LogP contribution in [0.4, 0.5) is 4.39 Å². The number of rotatable bonds is 5. The highest BCUT2D eigenvalue weighted by atomic mass is 32.1. The second-order valence-electron chi connectivity index (χ2n) is 4.26. The van der Waals surface area contributed by atoms with Crippen molar-refractivity contribution in [3.63, 3.8) is 0 Å². The van der Waals surface area contributed by atoms with Gasteiger partial charge in [0.1, 0.15) is 5.82 Å². The van der Waals surface area contributed by atoms with Gasteiger partial charge in [-0.15, -0.1) is 11.3 Å². The van der Waals surface area contributed by atoms with Gasteiger partial charge in [-0.3, -0.25) is 0 Å². The van der Waals surface area contributed by atoms with Crippen LogP contribution in [0.1, 0.15) is 33.8 Å². The van der Waals surface area contributed by atoms with E-state index >= 15 is 0 Å². The quantitative estimate of drug-likeness (QED) is 0.881. The van der Waals surface area contributed by atoms with Crippen molar-refractivity contribution in [1.29, 1.82) is 0 Å². The van der Waals surface area contributed by atoms with Gasteiger partial charge in [0.15, 0.2) is 0 Å². The third-order valence-electron chi connectivity index (χ3n) is 2.85. The van der Waals surface area contributed by atoms with Gasteiger partial charge in [0.2, 0.25) is 0 Å². The Morgan fingerprint density at radius 3 is 2.68 bits per heavy atom. The summed E-state index contributed by atoms with van der Waals surface area (Å²) in [5.74, 6) is -1.16. The number of carbonyl (C=O) groups is 1. The van der Waals surface area contributed by atoms with E-state index in [1.54, 1.807) is 23.6 Å². The second-order valence-corrected chi connectivity index (χ2v) is 5.26. The molecule has 0 aliphatic rings. The highest BCUT2D eigenvalue weighted by molar-refractivity contribution is 7.10. The lowest BCUT2D eigenvalue weighted by atomic mass is 10.1. The molecular formula is C14H14FNO2S. The maximum atomic E-state index is 12.8. The highest BCUT2D eigenvalue weighted by Crippen LogP contribution is 2.17. The van der Waals surface area contributed by atoms with Crippen molar-refractivity contribution in [2.75, 3.05) is 0 Å². The van der Waals surface area contributed by atoms with E-state index in [2.05, 4.69) is 5.32 Å². The van der Waals surface area contributed by atoms with E-state index < -0.39 is 5.97 Å². The van der Waals surface area contributed by atoms with Crippen LogP contribution >= 0.6 is 11.3 Å². The van der Waals surface area contributed by atoms with Crippen LogP contribution in [0.3, 0.4) is 0 Å². The minimum absolute atomic E-state index is 0.0796. The molecule has 0 aliphatic carbocycles. The number of carboxylic acids is 1. The average molecular weight is 279 g/mol. The Balaban J connectivity index is 1.94. The third kappa shape index (κ3) is 3.62. The molecule has 100 valence electrons. The Kier molecular flexibility index (Phi) is 4.29. The molecule has 0 saturated heterocycles. The van der Waals surface area contributed by atoms with Crippen LogP contribution in [-0.4, -0.2) is 11.1 Å². The lowest BCUT2D eigenvalue weighted by Gasteiger charge is -2.13. The van der Waals surface area contributed by atoms with E-state index in [9.17, 15) is 9.18 Å². The molecular weight excluding hydrogens is 265 g/mol. The minimum atomic E-state index is -0.908. The fraction of sp³-hybridized carbons (Fsp3) is 0.214. The van der Waals surface area contributed by atoms with Gasteiger partial charge in [-0.2, -0.15) is 0 Å². The Bertz CT molecular complexity index is 565. The summed E-state index contributed by atoms with van der Waals surface area (Å²) < 4.78 is 12.8. The summed E-state index contributed by atoms with van der Waals surface area (Å²) in [4.78, 5) is 11.7. The summed E-state index contributed by atoms with van der Waals surface area (Å²) in [6, 6.07) is 8.09. The van der Waals surface area contributed by atoms with Gasteiger partial charge in [0.05, 0.1) is 5.56 Å². The second kappa shape index (κ2) is 5.95. The molecule has 0 bridgehead atoms. The molecule has 0 saturated carbocycles. The molecule has 0 aliphatic heterocycles. The molecule has 1 heterocycles. The van der Waals surface area contributed by atoms with Crippen molar-refractivity contribution in [1.82, 2.24) is 5.32 Å². The molecule has 1 aromatic heterocycles. The molecule has 0 amide bonds. The van der Waals surface area contributed by atoms with Crippen LogP contribution in [0.15, 0.2) is 35.7 Å². The van der Waals surface area contributed by atoms with Gasteiger partial charge in [-0.25, -0.2) is 9.18 Å². The van der Waals surface area contributed by atoms with Gasteiger partial charge in [-0.05, 0) is 30.7 Å². The van der Waals surface area contributed by atoms with E-state index in [4.69, 9.17) is 5.11 Å². The van der Waals surface area contributed by atoms with Crippen LogP contribution in [0, 0.1) is 5.82 Å². The van der Waals surface area contributed by atoms with Crippen molar-refractivity contribution in [3.05, 3.63) is 57.5 Å². The largest absolute Gasteiger partial charge is 0.478 e. The van der Waals surface area contributed by atoms with Gasteiger partial charge >= 0.3 is 5.97 Å². The summed E-state index contributed by atoms with van der Waals surface area (Å²) in [6.07, 6.45) is 0. The van der Waals surface area contributed by atoms with E-state index in [0.29, 0.717) is 12.1 Å². The Labute approximate surface area is 114 Å². The van der Waals surface area contributed by atoms with Crippen molar-refractivity contribution in [3.8, 4) is 0 Å². The van der Waals surface area contributed by atoms with Crippen molar-refractivity contribution in [2.24, 2.45) is 0 Å². The van der Waals surface area contributed by atoms with Gasteiger partial charge in [0, 0.05) is 22.8 Å². The molecule has 0 spiro atoms. The number of hydrogen-bond donors (Lipinski definition) is 2. The first-order valence-electron chi connectivity index (χ1n) is 5.86. The van der Waals surface area contributed by atoms with E-state index in [1.165, 1.54) is 23.5 Å². The van der Waals surface area contributed by atoms with Gasteiger partial charge < -0.3 is 10.4 Å². The molecule has 0 fully saturated rings. The molecule has 1 unspecified atom stereocenters. The minimum Gasteiger partial charge on any atom is -0.478 e. The number of carboxylic acid groups (broad SMARTS) is 1. The third-order valence-corrected chi connectivity index (χ3v) is 3.79. The fourth-order valence-corrected chi connectivity index (χ4v) is 2.52. The normalized spacial score (nSPS) is 12.3. The predicted molar refractivity (Wildman–Crippen MR) is 72.9 cm³/mol. The first-order chi connectivity index (χ1) is 9.06. The summed E-state index contributed by atoms with van der Waals surface area (Å²) in [5.41, 5.74) is 1.31. The molecule has 1 atom stereocenters. The summed E-state index contributed by atoms with van der Waals surface area (Å²) >= 11 is 1.41. The standard InChI is InChI=1S/C14H14FNO2S/c1-9(10-2-4-12(15)5-3-10)16-7-13-6-11(8-19-13)14(17)18/h2-6,8-9,16H,7H2,1H3,(H,17,18). The van der Waals surface area contributed by atoms with Crippen LogP contribution in [0.2, 0.25) is 0 Å². The number of thiophene rings is 1. The number of nitrogens with one attached hydrogen (secondary N) is 1. The maximum absolute atomic E-state index is 12.8. The fourth-order valence-electron chi connectivity index (χ4n) is 1.71. The number of aromatic carboxylic acids is 1. The lowest BCUT2D eigenvalue weighted by molar-refractivity contribution is 0.0697. The zero-order valence-corrected chi connectivity index (χ0v) is 11.2. The zero-order valence-electron chi connectivity index (χ0n) is 10.4. The van der Waals surface area contributed by atoms with E-state index in [1.807, 2.05) is 6.92 Å². The molecule has 2 N–H and O–H groups in total. The molecule has 19 heavy (non-hydrogen) atoms. The molecule has 5 heteroatoms. The lowest BCUT2D eigenvalue weighted by Crippen LogP contribution is -2.17. The topological polar surface area (TPSA) is 49.3 Å². The van der Waals surface area contributed by atoms with Crippen molar-refractivity contribution < 1.29 is 14.3 Å². The first kappa shape index (κ1) is 13.7. The average Bonchev–Trinajstić information content (AvgIpc) is 2.86. The monoisotopic (exact) mass is 279 g/mol. The molecule has 2 rings (SSSR count). The van der Waals surface area contributed by atoms with Gasteiger partial charge in [0.25, 0.3) is 0 Å². The summed E-state index contributed by atoms with van der Waals surface area (Å²) in [6.45, 7) is 2.58. The number of hydrogen-bond acceptors (Lipinski definition) is 3. The molecule has 1 aromatic carbocycles. The summed E-state index contributed by atoms with van der Waals surface area (Å²) in [7, 11) is 0. The highest BCUT2D eigenvalue weighted by Gasteiger charge is 2.08. The Morgan fingerprint density at radius 1 is 1.42 bits per heavy atom. The molecule has 3 nitrogen and oxygen atoms in total. The predicted octanol–water partition coefficient (Wildman–Crippen LogP) is 3.44. The smallest absolute Gasteiger partial charge is 0.336 e. The zero-order chi connectivity index (χ0) is 13.8. The van der Waals surface area contributed by atoms with E-state index in [0.717, 1.165) is 10.4 Å². The van der Waals surface area contributed by atoms with Crippen LogP contribution in [0.5, 0.6) is 0 Å². The Morgan fingerprint density at radius 2 is 2.11 bits per heavy atom. The van der Waals surface area contributed by atoms with Crippen molar-refractivity contribution >= 4 is 17.3 Å².